The number of rotatable bonds is 4. The number of hydrogen-bond donors (Lipinski definition) is 1. The van der Waals surface area contributed by atoms with Crippen LogP contribution in [-0.4, -0.2) is 19.6 Å². The highest BCUT2D eigenvalue weighted by molar-refractivity contribution is 5.71. The second-order valence-corrected chi connectivity index (χ2v) is 4.37. The Bertz CT molecular complexity index is 523. The predicted octanol–water partition coefficient (Wildman–Crippen LogP) is 2.69. The van der Waals surface area contributed by atoms with Gasteiger partial charge >= 0.3 is 5.97 Å². The van der Waals surface area contributed by atoms with Gasteiger partial charge in [0.1, 0.15) is 12.4 Å². The van der Waals surface area contributed by atoms with Crippen molar-refractivity contribution in [1.82, 2.24) is 0 Å². The van der Waals surface area contributed by atoms with Gasteiger partial charge in [-0.15, -0.1) is 0 Å². The number of ether oxygens (including phenoxy) is 2. The maximum atomic E-state index is 10.6. The van der Waals surface area contributed by atoms with E-state index in [1.807, 2.05) is 54.6 Å². The molecule has 0 amide bonds. The lowest BCUT2D eigenvalue weighted by molar-refractivity contribution is -0.143. The van der Waals surface area contributed by atoms with Crippen molar-refractivity contribution in [2.45, 2.75) is 13.5 Å². The SMILES string of the molecule is COc1ccc(C)cc1.NCC(=O)OCc1ccccc1. The van der Waals surface area contributed by atoms with E-state index in [-0.39, 0.29) is 12.5 Å². The average molecular weight is 287 g/mol. The minimum Gasteiger partial charge on any atom is -0.497 e. The van der Waals surface area contributed by atoms with Crippen LogP contribution in [0.25, 0.3) is 0 Å². The molecule has 0 saturated carbocycles. The van der Waals surface area contributed by atoms with Crippen molar-refractivity contribution in [3.05, 3.63) is 65.7 Å². The van der Waals surface area contributed by atoms with Crippen molar-refractivity contribution in [3.8, 4) is 5.75 Å². The third-order valence-corrected chi connectivity index (χ3v) is 2.67. The molecule has 4 nitrogen and oxygen atoms in total. The van der Waals surface area contributed by atoms with Gasteiger partial charge in [-0.2, -0.15) is 0 Å². The minimum atomic E-state index is -0.376. The van der Waals surface area contributed by atoms with E-state index in [4.69, 9.17) is 15.2 Å². The second-order valence-electron chi connectivity index (χ2n) is 4.37. The fourth-order valence-corrected chi connectivity index (χ4v) is 1.47. The highest BCUT2D eigenvalue weighted by atomic mass is 16.5. The fourth-order valence-electron chi connectivity index (χ4n) is 1.47. The third kappa shape index (κ3) is 7.13. The van der Waals surface area contributed by atoms with Crippen molar-refractivity contribution in [3.63, 3.8) is 0 Å². The summed E-state index contributed by atoms with van der Waals surface area (Å²) < 4.78 is 9.78. The third-order valence-electron chi connectivity index (χ3n) is 2.67. The molecule has 0 aliphatic rings. The van der Waals surface area contributed by atoms with Crippen LogP contribution in [0.15, 0.2) is 54.6 Å². The van der Waals surface area contributed by atoms with E-state index in [0.29, 0.717) is 6.61 Å². The van der Waals surface area contributed by atoms with Crippen LogP contribution < -0.4 is 10.5 Å². The summed E-state index contributed by atoms with van der Waals surface area (Å²) >= 11 is 0. The van der Waals surface area contributed by atoms with Crippen molar-refractivity contribution in [1.29, 1.82) is 0 Å². The van der Waals surface area contributed by atoms with Gasteiger partial charge in [0, 0.05) is 0 Å². The van der Waals surface area contributed by atoms with E-state index >= 15 is 0 Å². The number of esters is 1. The summed E-state index contributed by atoms with van der Waals surface area (Å²) in [6.45, 7) is 2.29. The molecule has 0 spiro atoms. The Labute approximate surface area is 125 Å². The van der Waals surface area contributed by atoms with E-state index in [1.165, 1.54) is 5.56 Å². The molecule has 0 unspecified atom stereocenters. The number of benzene rings is 2. The summed E-state index contributed by atoms with van der Waals surface area (Å²) in [5, 5.41) is 0. The quantitative estimate of drug-likeness (QED) is 0.878. The zero-order valence-electron chi connectivity index (χ0n) is 12.4. The molecule has 0 heterocycles. The zero-order chi connectivity index (χ0) is 15.5. The molecular formula is C17H21NO3. The van der Waals surface area contributed by atoms with Crippen LogP contribution in [0, 0.1) is 6.92 Å². The molecule has 0 fully saturated rings. The van der Waals surface area contributed by atoms with E-state index in [0.717, 1.165) is 11.3 Å². The maximum Gasteiger partial charge on any atom is 0.320 e. The highest BCUT2D eigenvalue weighted by Gasteiger charge is 1.97. The minimum absolute atomic E-state index is 0.0627. The van der Waals surface area contributed by atoms with Gasteiger partial charge in [0.25, 0.3) is 0 Å². The van der Waals surface area contributed by atoms with Gasteiger partial charge < -0.3 is 15.2 Å². The van der Waals surface area contributed by atoms with Gasteiger partial charge in [0.15, 0.2) is 0 Å². The van der Waals surface area contributed by atoms with Crippen LogP contribution in [0.5, 0.6) is 5.75 Å². The number of carbonyl (C=O) groups is 1. The lowest BCUT2D eigenvalue weighted by Gasteiger charge is -2.01. The van der Waals surface area contributed by atoms with E-state index in [1.54, 1.807) is 7.11 Å². The standard InChI is InChI=1S/C9H11NO2.C8H10O/c10-6-9(11)12-7-8-4-2-1-3-5-8;1-7-3-5-8(9-2)6-4-7/h1-5H,6-7,10H2;3-6H,1-2H3. The molecule has 0 saturated heterocycles. The van der Waals surface area contributed by atoms with Gasteiger partial charge in [-0.05, 0) is 24.6 Å². The zero-order valence-corrected chi connectivity index (χ0v) is 12.4. The number of carbonyl (C=O) groups excluding carboxylic acids is 1. The molecule has 0 radical (unpaired) electrons. The molecule has 0 aliphatic heterocycles. The van der Waals surface area contributed by atoms with Crippen LogP contribution >= 0.6 is 0 Å². The second kappa shape index (κ2) is 9.55. The largest absolute Gasteiger partial charge is 0.497 e. The van der Waals surface area contributed by atoms with Gasteiger partial charge in [0.05, 0.1) is 13.7 Å². The molecule has 2 aromatic carbocycles. The summed E-state index contributed by atoms with van der Waals surface area (Å²) in [7, 11) is 1.67. The van der Waals surface area contributed by atoms with E-state index in [9.17, 15) is 4.79 Å². The maximum absolute atomic E-state index is 10.6. The normalized spacial score (nSPS) is 9.29. The van der Waals surface area contributed by atoms with Gasteiger partial charge in [-0.25, -0.2) is 0 Å². The Kier molecular flexibility index (Phi) is 7.61. The monoisotopic (exact) mass is 287 g/mol. The van der Waals surface area contributed by atoms with E-state index < -0.39 is 0 Å². The van der Waals surface area contributed by atoms with E-state index in [2.05, 4.69) is 6.92 Å². The Morgan fingerprint density at radius 3 is 2.19 bits per heavy atom. The molecule has 0 bridgehead atoms. The summed E-state index contributed by atoms with van der Waals surface area (Å²) in [5.41, 5.74) is 7.29. The molecular weight excluding hydrogens is 266 g/mol. The fraction of sp³-hybridized carbons (Fsp3) is 0.235. The van der Waals surface area contributed by atoms with Gasteiger partial charge in [-0.3, -0.25) is 4.79 Å². The number of nitrogens with two attached hydrogens (primary N) is 1. The summed E-state index contributed by atoms with van der Waals surface area (Å²) in [5.74, 6) is 0.541. The van der Waals surface area contributed by atoms with Gasteiger partial charge in [0.2, 0.25) is 0 Å². The van der Waals surface area contributed by atoms with Gasteiger partial charge in [-0.1, -0.05) is 48.0 Å². The molecule has 2 N–H and O–H groups in total. The first-order valence-electron chi connectivity index (χ1n) is 6.66. The van der Waals surface area contributed by atoms with Crippen LogP contribution in [0.4, 0.5) is 0 Å². The number of hydrogen-bond acceptors (Lipinski definition) is 4. The molecule has 112 valence electrons. The molecule has 21 heavy (non-hydrogen) atoms. The Morgan fingerprint density at radius 2 is 1.67 bits per heavy atom. The average Bonchev–Trinajstić information content (AvgIpc) is 2.55. The Hall–Kier alpha value is -2.33. The van der Waals surface area contributed by atoms with Crippen LogP contribution in [0.1, 0.15) is 11.1 Å². The summed E-state index contributed by atoms with van der Waals surface area (Å²) in [6, 6.07) is 17.4. The smallest absolute Gasteiger partial charge is 0.320 e. The predicted molar refractivity (Wildman–Crippen MR) is 83.0 cm³/mol. The highest BCUT2D eigenvalue weighted by Crippen LogP contribution is 2.09. The molecule has 2 aromatic rings. The molecule has 4 heteroatoms. The first-order valence-corrected chi connectivity index (χ1v) is 6.66. The Morgan fingerprint density at radius 1 is 1.05 bits per heavy atom. The van der Waals surface area contributed by atoms with Crippen molar-refractivity contribution in [2.75, 3.05) is 13.7 Å². The van der Waals surface area contributed by atoms with Crippen LogP contribution in [0.2, 0.25) is 0 Å². The lowest BCUT2D eigenvalue weighted by atomic mass is 10.2. The summed E-state index contributed by atoms with van der Waals surface area (Å²) in [4.78, 5) is 10.6. The first-order chi connectivity index (χ1) is 10.2. The van der Waals surface area contributed by atoms with Crippen LogP contribution in [-0.2, 0) is 16.1 Å². The van der Waals surface area contributed by atoms with Crippen molar-refractivity contribution in [2.24, 2.45) is 5.73 Å². The number of aryl methyl sites for hydroxylation is 1. The van der Waals surface area contributed by atoms with Crippen LogP contribution in [0.3, 0.4) is 0 Å². The Balaban J connectivity index is 0.000000219. The first kappa shape index (κ1) is 16.7. The summed E-state index contributed by atoms with van der Waals surface area (Å²) in [6.07, 6.45) is 0. The lowest BCUT2D eigenvalue weighted by Crippen LogP contribution is -2.16. The molecule has 2 rings (SSSR count). The topological polar surface area (TPSA) is 61.5 Å². The van der Waals surface area contributed by atoms with Crippen molar-refractivity contribution >= 4 is 5.97 Å². The molecule has 0 atom stereocenters. The van der Waals surface area contributed by atoms with Crippen molar-refractivity contribution < 1.29 is 14.3 Å². The molecule has 0 aliphatic carbocycles. The number of methoxy groups -OCH3 is 1. The molecule has 0 aromatic heterocycles.